The van der Waals surface area contributed by atoms with Gasteiger partial charge in [0.15, 0.2) is 11.3 Å². The summed E-state index contributed by atoms with van der Waals surface area (Å²) in [6.45, 7) is 5.90. The lowest BCUT2D eigenvalue weighted by molar-refractivity contribution is -0.142. The number of aromatic nitrogens is 3. The van der Waals surface area contributed by atoms with Gasteiger partial charge in [0, 0.05) is 5.56 Å². The number of fused-ring (bicyclic) bond motifs is 1. The highest BCUT2D eigenvalue weighted by atomic mass is 28.3. The molecule has 0 amide bonds. The molecule has 0 radical (unpaired) electrons. The Hall–Kier alpha value is -2.80. The maximum absolute atomic E-state index is 13.6. The van der Waals surface area contributed by atoms with Crippen LogP contribution in [0.15, 0.2) is 36.5 Å². The minimum absolute atomic E-state index is 0.0851. The molecular weight excluding hydrogens is 412 g/mol. The molecule has 3 aromatic rings. The summed E-state index contributed by atoms with van der Waals surface area (Å²) in [6, 6.07) is 4.70. The third-order valence-electron chi connectivity index (χ3n) is 3.82. The van der Waals surface area contributed by atoms with Gasteiger partial charge in [-0.25, -0.2) is 9.50 Å². The van der Waals surface area contributed by atoms with Crippen molar-refractivity contribution < 1.29 is 26.3 Å². The summed E-state index contributed by atoms with van der Waals surface area (Å²) >= 11 is 0. The van der Waals surface area contributed by atoms with Crippen molar-refractivity contribution in [3.8, 4) is 22.7 Å². The Morgan fingerprint density at radius 2 is 1.66 bits per heavy atom. The van der Waals surface area contributed by atoms with Crippen molar-refractivity contribution in [1.82, 2.24) is 14.6 Å². The SMILES string of the molecule is C[Si](C)(C)C#Cc1cnn2c(C(F)(F)F)cc(-c3cccc(C(F)(F)F)c3)nc12. The zero-order chi connectivity index (χ0) is 21.6. The van der Waals surface area contributed by atoms with E-state index in [0.717, 1.165) is 18.2 Å². The number of nitrogens with zero attached hydrogens (tertiary/aromatic N) is 3. The first-order valence-corrected chi connectivity index (χ1v) is 11.9. The molecule has 0 bridgehead atoms. The van der Waals surface area contributed by atoms with E-state index >= 15 is 0 Å². The van der Waals surface area contributed by atoms with Crippen molar-refractivity contribution in [1.29, 1.82) is 0 Å². The largest absolute Gasteiger partial charge is 0.433 e. The van der Waals surface area contributed by atoms with Crippen LogP contribution in [0.3, 0.4) is 0 Å². The van der Waals surface area contributed by atoms with Crippen LogP contribution >= 0.6 is 0 Å². The van der Waals surface area contributed by atoms with Crippen LogP contribution < -0.4 is 0 Å². The Morgan fingerprint density at radius 1 is 0.966 bits per heavy atom. The highest BCUT2D eigenvalue weighted by Crippen LogP contribution is 2.35. The van der Waals surface area contributed by atoms with Crippen LogP contribution in [-0.2, 0) is 12.4 Å². The van der Waals surface area contributed by atoms with Gasteiger partial charge in [0.2, 0.25) is 0 Å². The number of hydrogen-bond acceptors (Lipinski definition) is 2. The molecule has 152 valence electrons. The normalized spacial score (nSPS) is 12.7. The van der Waals surface area contributed by atoms with Crippen LogP contribution in [0.25, 0.3) is 16.9 Å². The number of alkyl halides is 6. The van der Waals surface area contributed by atoms with Crippen LogP contribution in [0.2, 0.25) is 19.6 Å². The van der Waals surface area contributed by atoms with Gasteiger partial charge in [0.05, 0.1) is 23.0 Å². The first-order valence-electron chi connectivity index (χ1n) is 8.42. The van der Waals surface area contributed by atoms with Crippen molar-refractivity contribution in [2.24, 2.45) is 0 Å². The Kier molecular flexibility index (Phi) is 4.99. The lowest BCUT2D eigenvalue weighted by Gasteiger charge is -2.12. The Morgan fingerprint density at radius 3 is 2.24 bits per heavy atom. The molecule has 0 aliphatic carbocycles. The van der Waals surface area contributed by atoms with Gasteiger partial charge in [-0.1, -0.05) is 37.7 Å². The lowest BCUT2D eigenvalue weighted by Crippen LogP contribution is -2.16. The standard InChI is InChI=1S/C19H15F6N3Si/c1-29(2,3)8-7-13-11-26-28-16(19(23,24)25)10-15(27-17(13)28)12-5-4-6-14(9-12)18(20,21)22/h4-6,9-11H,1-3H3. The van der Waals surface area contributed by atoms with E-state index in [2.05, 4.69) is 21.5 Å². The fraction of sp³-hybridized carbons (Fsp3) is 0.263. The summed E-state index contributed by atoms with van der Waals surface area (Å²) in [7, 11) is -1.83. The van der Waals surface area contributed by atoms with E-state index < -0.39 is 31.7 Å². The van der Waals surface area contributed by atoms with Gasteiger partial charge < -0.3 is 0 Å². The molecule has 3 rings (SSSR count). The summed E-state index contributed by atoms with van der Waals surface area (Å²) < 4.78 is 80.3. The van der Waals surface area contributed by atoms with Crippen molar-refractivity contribution in [3.63, 3.8) is 0 Å². The highest BCUT2D eigenvalue weighted by molar-refractivity contribution is 6.83. The molecule has 0 saturated heterocycles. The molecule has 1 aromatic carbocycles. The summed E-state index contributed by atoms with van der Waals surface area (Å²) in [5.74, 6) is 2.82. The molecule has 0 fully saturated rings. The average Bonchev–Trinajstić information content (AvgIpc) is 3.00. The van der Waals surface area contributed by atoms with Crippen LogP contribution in [-0.4, -0.2) is 22.7 Å². The Bertz CT molecular complexity index is 1130. The van der Waals surface area contributed by atoms with Gasteiger partial charge in [-0.2, -0.15) is 31.4 Å². The first-order chi connectivity index (χ1) is 13.3. The van der Waals surface area contributed by atoms with Crippen molar-refractivity contribution >= 4 is 13.7 Å². The molecule has 0 unspecified atom stereocenters. The van der Waals surface area contributed by atoms with Gasteiger partial charge >= 0.3 is 12.4 Å². The average molecular weight is 427 g/mol. The molecule has 0 aliphatic heterocycles. The number of halogens is 6. The van der Waals surface area contributed by atoms with Gasteiger partial charge in [-0.05, 0) is 18.2 Å². The van der Waals surface area contributed by atoms with Gasteiger partial charge in [0.1, 0.15) is 8.07 Å². The molecule has 2 heterocycles. The maximum atomic E-state index is 13.6. The molecule has 29 heavy (non-hydrogen) atoms. The molecule has 0 saturated carbocycles. The number of benzene rings is 1. The second-order valence-corrected chi connectivity index (χ2v) is 12.1. The molecular formula is C19H15F6N3Si. The third kappa shape index (κ3) is 4.62. The van der Waals surface area contributed by atoms with E-state index in [9.17, 15) is 26.3 Å². The minimum atomic E-state index is -4.78. The fourth-order valence-electron chi connectivity index (χ4n) is 2.51. The molecule has 10 heteroatoms. The van der Waals surface area contributed by atoms with Crippen molar-refractivity contribution in [2.45, 2.75) is 32.0 Å². The van der Waals surface area contributed by atoms with E-state index in [1.54, 1.807) is 0 Å². The van der Waals surface area contributed by atoms with E-state index in [4.69, 9.17) is 0 Å². The fourth-order valence-corrected chi connectivity index (χ4v) is 3.02. The number of hydrogen-bond donors (Lipinski definition) is 0. The second kappa shape index (κ2) is 6.91. The molecule has 2 aromatic heterocycles. The van der Waals surface area contributed by atoms with Gasteiger partial charge in [-0.3, -0.25) is 0 Å². The van der Waals surface area contributed by atoms with Crippen molar-refractivity contribution in [2.75, 3.05) is 0 Å². The van der Waals surface area contributed by atoms with Crippen LogP contribution in [0.5, 0.6) is 0 Å². The lowest BCUT2D eigenvalue weighted by atomic mass is 10.1. The topological polar surface area (TPSA) is 30.2 Å². The molecule has 0 atom stereocenters. The Labute approximate surface area is 163 Å². The van der Waals surface area contributed by atoms with Crippen LogP contribution in [0.1, 0.15) is 16.8 Å². The van der Waals surface area contributed by atoms with Crippen LogP contribution in [0, 0.1) is 11.5 Å². The van der Waals surface area contributed by atoms with E-state index in [-0.39, 0.29) is 22.5 Å². The number of rotatable bonds is 1. The van der Waals surface area contributed by atoms with E-state index in [1.165, 1.54) is 12.3 Å². The maximum Gasteiger partial charge on any atom is 0.433 e. The minimum Gasteiger partial charge on any atom is -0.227 e. The van der Waals surface area contributed by atoms with Gasteiger partial charge in [-0.15, -0.1) is 5.54 Å². The summed E-state index contributed by atoms with van der Waals surface area (Å²) in [5.41, 5.74) is 0.615. The second-order valence-electron chi connectivity index (χ2n) is 7.40. The predicted molar refractivity (Wildman–Crippen MR) is 98.7 cm³/mol. The molecule has 0 aliphatic rings. The van der Waals surface area contributed by atoms with Crippen LogP contribution in [0.4, 0.5) is 26.3 Å². The summed E-state index contributed by atoms with van der Waals surface area (Å²) in [5, 5.41) is 3.74. The zero-order valence-electron chi connectivity index (χ0n) is 15.6. The molecule has 0 spiro atoms. The molecule has 0 N–H and O–H groups in total. The summed E-state index contributed by atoms with van der Waals surface area (Å²) in [4.78, 5) is 4.15. The van der Waals surface area contributed by atoms with Crippen molar-refractivity contribution in [3.05, 3.63) is 53.3 Å². The van der Waals surface area contributed by atoms with E-state index in [0.29, 0.717) is 10.6 Å². The monoisotopic (exact) mass is 427 g/mol. The zero-order valence-corrected chi connectivity index (χ0v) is 16.6. The predicted octanol–water partition coefficient (Wildman–Crippen LogP) is 5.66. The van der Waals surface area contributed by atoms with Gasteiger partial charge in [0.25, 0.3) is 0 Å². The smallest absolute Gasteiger partial charge is 0.227 e. The van der Waals surface area contributed by atoms with E-state index in [1.807, 2.05) is 19.6 Å². The Balaban J connectivity index is 2.27. The third-order valence-corrected chi connectivity index (χ3v) is 4.70. The highest BCUT2D eigenvalue weighted by Gasteiger charge is 2.36. The first kappa shape index (κ1) is 20.9. The quantitative estimate of drug-likeness (QED) is 0.285. The summed E-state index contributed by atoms with van der Waals surface area (Å²) in [6.07, 6.45) is -8.23. The molecule has 3 nitrogen and oxygen atoms in total.